The van der Waals surface area contributed by atoms with E-state index in [0.717, 1.165) is 28.3 Å². The molecule has 1 aromatic heterocycles. The predicted octanol–water partition coefficient (Wildman–Crippen LogP) is 6.57. The molecule has 1 heterocycles. The SMILES string of the molecule is C=CCN(Cc1ccc(OC(C)(C)C(=O)O)cc1)Cc1sc(-c2ccc(C(F)(F)F)cc2)nc1C. The fourth-order valence-corrected chi connectivity index (χ4v) is 4.44. The summed E-state index contributed by atoms with van der Waals surface area (Å²) in [5.41, 5.74) is 0.476. The van der Waals surface area contributed by atoms with E-state index in [9.17, 15) is 23.1 Å². The number of rotatable bonds is 10. The molecule has 0 saturated carbocycles. The minimum atomic E-state index is -4.37. The molecule has 0 spiro atoms. The van der Waals surface area contributed by atoms with Gasteiger partial charge in [-0.25, -0.2) is 9.78 Å². The normalized spacial score (nSPS) is 12.1. The smallest absolute Gasteiger partial charge is 0.416 e. The molecule has 0 aliphatic carbocycles. The van der Waals surface area contributed by atoms with Gasteiger partial charge in [0.15, 0.2) is 5.60 Å². The van der Waals surface area contributed by atoms with Crippen LogP contribution < -0.4 is 4.74 Å². The monoisotopic (exact) mass is 504 g/mol. The van der Waals surface area contributed by atoms with Gasteiger partial charge in [-0.05, 0) is 50.6 Å². The van der Waals surface area contributed by atoms with Crippen LogP contribution in [0, 0.1) is 6.92 Å². The zero-order chi connectivity index (χ0) is 25.8. The van der Waals surface area contributed by atoms with Gasteiger partial charge in [0.05, 0.1) is 11.3 Å². The van der Waals surface area contributed by atoms with Crippen molar-refractivity contribution in [2.24, 2.45) is 0 Å². The van der Waals surface area contributed by atoms with Crippen LogP contribution in [0.15, 0.2) is 61.2 Å². The molecule has 0 aliphatic rings. The first-order valence-electron chi connectivity index (χ1n) is 10.9. The summed E-state index contributed by atoms with van der Waals surface area (Å²) in [6.45, 7) is 10.5. The third-order valence-electron chi connectivity index (χ3n) is 5.32. The molecule has 5 nitrogen and oxygen atoms in total. The lowest BCUT2D eigenvalue weighted by Crippen LogP contribution is -2.37. The van der Waals surface area contributed by atoms with E-state index in [-0.39, 0.29) is 0 Å². The number of carbonyl (C=O) groups is 1. The van der Waals surface area contributed by atoms with Crippen LogP contribution in [-0.4, -0.2) is 33.1 Å². The Morgan fingerprint density at radius 2 is 1.74 bits per heavy atom. The Morgan fingerprint density at radius 3 is 2.29 bits per heavy atom. The number of hydrogen-bond donors (Lipinski definition) is 1. The van der Waals surface area contributed by atoms with Gasteiger partial charge in [-0.3, -0.25) is 4.90 Å². The molecule has 0 bridgehead atoms. The molecule has 0 fully saturated rings. The molecule has 1 N–H and O–H groups in total. The molecule has 2 aromatic carbocycles. The standard InChI is InChI=1S/C26H27F3N2O3S/c1-5-14-31(15-18-6-12-21(13-7-18)34-25(3,4)24(32)33)16-22-17(2)30-23(35-22)19-8-10-20(11-9-19)26(27,28)29/h5-13H,1,14-16H2,2-4H3,(H,32,33). The largest absolute Gasteiger partial charge is 0.478 e. The Morgan fingerprint density at radius 1 is 1.11 bits per heavy atom. The molecule has 35 heavy (non-hydrogen) atoms. The Labute approximate surface area is 206 Å². The van der Waals surface area contributed by atoms with E-state index >= 15 is 0 Å². The molecular formula is C26H27F3N2O3S. The third-order valence-corrected chi connectivity index (χ3v) is 6.52. The van der Waals surface area contributed by atoms with Gasteiger partial charge in [0.2, 0.25) is 0 Å². The van der Waals surface area contributed by atoms with Crippen molar-refractivity contribution in [3.05, 3.63) is 82.9 Å². The number of hydrogen-bond acceptors (Lipinski definition) is 5. The van der Waals surface area contributed by atoms with Crippen molar-refractivity contribution < 1.29 is 27.8 Å². The number of halogens is 3. The lowest BCUT2D eigenvalue weighted by atomic mass is 10.1. The number of ether oxygens (including phenoxy) is 1. The molecular weight excluding hydrogens is 477 g/mol. The highest BCUT2D eigenvalue weighted by molar-refractivity contribution is 7.15. The minimum absolute atomic E-state index is 0.468. The number of aliphatic carboxylic acids is 1. The lowest BCUT2D eigenvalue weighted by Gasteiger charge is -2.22. The van der Waals surface area contributed by atoms with Gasteiger partial charge in [-0.2, -0.15) is 13.2 Å². The van der Waals surface area contributed by atoms with Crippen molar-refractivity contribution in [2.45, 2.75) is 45.6 Å². The maximum atomic E-state index is 12.9. The zero-order valence-corrected chi connectivity index (χ0v) is 20.5. The lowest BCUT2D eigenvalue weighted by molar-refractivity contribution is -0.152. The first kappa shape index (κ1) is 26.4. The molecule has 0 aliphatic heterocycles. The Hall–Kier alpha value is -3.17. The number of alkyl halides is 3. The van der Waals surface area contributed by atoms with Gasteiger partial charge < -0.3 is 9.84 Å². The highest BCUT2D eigenvalue weighted by Gasteiger charge is 2.30. The average molecular weight is 505 g/mol. The summed E-state index contributed by atoms with van der Waals surface area (Å²) in [6.07, 6.45) is -2.57. The van der Waals surface area contributed by atoms with Crippen LogP contribution in [0.25, 0.3) is 10.6 Å². The van der Waals surface area contributed by atoms with Crippen LogP contribution in [0.5, 0.6) is 5.75 Å². The first-order valence-corrected chi connectivity index (χ1v) is 11.7. The van der Waals surface area contributed by atoms with Crippen molar-refractivity contribution in [2.75, 3.05) is 6.54 Å². The predicted molar refractivity (Wildman–Crippen MR) is 130 cm³/mol. The van der Waals surface area contributed by atoms with Crippen LogP contribution in [0.2, 0.25) is 0 Å². The summed E-state index contributed by atoms with van der Waals surface area (Å²) in [5, 5.41) is 9.90. The van der Waals surface area contributed by atoms with E-state index in [0.29, 0.717) is 36.0 Å². The third kappa shape index (κ3) is 6.93. The highest BCUT2D eigenvalue weighted by atomic mass is 32.1. The molecule has 0 saturated heterocycles. The molecule has 0 amide bonds. The van der Waals surface area contributed by atoms with Gasteiger partial charge in [0.25, 0.3) is 0 Å². The number of carboxylic acid groups (broad SMARTS) is 1. The van der Waals surface area contributed by atoms with Crippen LogP contribution in [0.1, 0.15) is 35.5 Å². The fourth-order valence-electron chi connectivity index (χ4n) is 3.33. The van der Waals surface area contributed by atoms with Crippen LogP contribution in [0.4, 0.5) is 13.2 Å². The van der Waals surface area contributed by atoms with Crippen LogP contribution in [0.3, 0.4) is 0 Å². The molecule has 0 atom stereocenters. The number of aryl methyl sites for hydroxylation is 1. The van der Waals surface area contributed by atoms with E-state index in [1.807, 2.05) is 19.1 Å². The summed E-state index contributed by atoms with van der Waals surface area (Å²) < 4.78 is 44.1. The van der Waals surface area contributed by atoms with E-state index in [4.69, 9.17) is 4.74 Å². The van der Waals surface area contributed by atoms with Crippen molar-refractivity contribution >= 4 is 17.3 Å². The zero-order valence-electron chi connectivity index (χ0n) is 19.7. The summed E-state index contributed by atoms with van der Waals surface area (Å²) in [5.74, 6) is -0.578. The van der Waals surface area contributed by atoms with Crippen LogP contribution >= 0.6 is 11.3 Å². The first-order chi connectivity index (χ1) is 16.4. The molecule has 0 unspecified atom stereocenters. The van der Waals surface area contributed by atoms with E-state index in [2.05, 4.69) is 16.5 Å². The van der Waals surface area contributed by atoms with Gasteiger partial charge >= 0.3 is 12.1 Å². The highest BCUT2D eigenvalue weighted by Crippen LogP contribution is 2.33. The summed E-state index contributed by atoms with van der Waals surface area (Å²) in [4.78, 5) is 19.0. The Balaban J connectivity index is 1.71. The average Bonchev–Trinajstić information content (AvgIpc) is 3.14. The van der Waals surface area contributed by atoms with Crippen molar-refractivity contribution in [1.29, 1.82) is 0 Å². The maximum Gasteiger partial charge on any atom is 0.416 e. The van der Waals surface area contributed by atoms with Gasteiger partial charge in [-0.15, -0.1) is 17.9 Å². The van der Waals surface area contributed by atoms with E-state index in [1.54, 1.807) is 18.2 Å². The summed E-state index contributed by atoms with van der Waals surface area (Å²) >= 11 is 1.46. The summed E-state index contributed by atoms with van der Waals surface area (Å²) in [7, 11) is 0. The minimum Gasteiger partial charge on any atom is -0.478 e. The van der Waals surface area contributed by atoms with Crippen molar-refractivity contribution in [3.8, 4) is 16.3 Å². The summed E-state index contributed by atoms with van der Waals surface area (Å²) in [6, 6.07) is 12.3. The number of benzene rings is 2. The topological polar surface area (TPSA) is 62.7 Å². The number of aromatic nitrogens is 1. The van der Waals surface area contributed by atoms with E-state index in [1.165, 1.54) is 37.3 Å². The van der Waals surface area contributed by atoms with E-state index < -0.39 is 23.3 Å². The Kier molecular flexibility index (Phi) is 8.02. The maximum absolute atomic E-state index is 12.9. The van der Waals surface area contributed by atoms with Crippen LogP contribution in [-0.2, 0) is 24.1 Å². The molecule has 9 heteroatoms. The number of nitrogens with zero attached hydrogens (tertiary/aromatic N) is 2. The van der Waals surface area contributed by atoms with Crippen molar-refractivity contribution in [1.82, 2.24) is 9.88 Å². The second kappa shape index (κ2) is 10.6. The second-order valence-corrected chi connectivity index (χ2v) is 9.71. The number of carboxylic acids is 1. The van der Waals surface area contributed by atoms with Gasteiger partial charge in [-0.1, -0.05) is 30.3 Å². The number of thiazole rings is 1. The van der Waals surface area contributed by atoms with Gasteiger partial charge in [0.1, 0.15) is 10.8 Å². The molecule has 0 radical (unpaired) electrons. The Bertz CT molecular complexity index is 1170. The quantitative estimate of drug-likeness (QED) is 0.317. The molecule has 3 aromatic rings. The fraction of sp³-hybridized carbons (Fsp3) is 0.308. The van der Waals surface area contributed by atoms with Gasteiger partial charge in [0, 0.05) is 30.1 Å². The van der Waals surface area contributed by atoms with Crippen molar-refractivity contribution in [3.63, 3.8) is 0 Å². The second-order valence-electron chi connectivity index (χ2n) is 8.62. The molecule has 3 rings (SSSR count). The molecule has 186 valence electrons.